The largest absolute Gasteiger partial charge is 0.391 e. The monoisotopic (exact) mass is 231 g/mol. The predicted molar refractivity (Wildman–Crippen MR) is 44.9 cm³/mol. The van der Waals surface area contributed by atoms with Crippen LogP contribution in [0.1, 0.15) is 25.7 Å². The summed E-state index contributed by atoms with van der Waals surface area (Å²) in [4.78, 5) is 0. The summed E-state index contributed by atoms with van der Waals surface area (Å²) < 4.78 is 58.5. The van der Waals surface area contributed by atoms with E-state index in [0.29, 0.717) is 0 Å². The molecule has 0 amide bonds. The smallest absolute Gasteiger partial charge is 0.228 e. The quantitative estimate of drug-likeness (QED) is 0.741. The van der Waals surface area contributed by atoms with Crippen molar-refractivity contribution in [3.63, 3.8) is 0 Å². The van der Waals surface area contributed by atoms with Crippen LogP contribution in [0.5, 0.6) is 0 Å². The van der Waals surface area contributed by atoms with Crippen LogP contribution in [0.3, 0.4) is 0 Å². The van der Waals surface area contributed by atoms with Crippen LogP contribution in [-0.2, 0) is 10.0 Å². The fourth-order valence-corrected chi connectivity index (χ4v) is 2.74. The molecular formula is C7H12F3NO2S. The Hall–Kier alpha value is -0.300. The van der Waals surface area contributed by atoms with Crippen molar-refractivity contribution < 1.29 is 21.6 Å². The molecule has 14 heavy (non-hydrogen) atoms. The van der Waals surface area contributed by atoms with Gasteiger partial charge in [0.05, 0.1) is 11.2 Å². The summed E-state index contributed by atoms with van der Waals surface area (Å²) >= 11 is 0. The lowest BCUT2D eigenvalue weighted by Crippen LogP contribution is -2.37. The number of hydrogen-bond acceptors (Lipinski definition) is 2. The van der Waals surface area contributed by atoms with Crippen LogP contribution in [0.2, 0.25) is 0 Å². The van der Waals surface area contributed by atoms with Crippen molar-refractivity contribution in [2.45, 2.75) is 37.1 Å². The second-order valence-electron chi connectivity index (χ2n) is 3.62. The van der Waals surface area contributed by atoms with Crippen LogP contribution in [0.15, 0.2) is 0 Å². The first kappa shape index (κ1) is 11.8. The molecule has 0 aromatic carbocycles. The van der Waals surface area contributed by atoms with Gasteiger partial charge >= 0.3 is 6.18 Å². The molecule has 2 N–H and O–H groups in total. The molecule has 1 aliphatic carbocycles. The SMILES string of the molecule is NS(=O)(=O)C1CCCC(C(F)(F)F)C1. The second kappa shape index (κ2) is 3.69. The molecule has 2 unspecified atom stereocenters. The molecule has 0 bridgehead atoms. The third kappa shape index (κ3) is 2.84. The van der Waals surface area contributed by atoms with Gasteiger partial charge in [-0.05, 0) is 19.3 Å². The zero-order valence-electron chi connectivity index (χ0n) is 7.42. The molecule has 1 fully saturated rings. The third-order valence-corrected chi connectivity index (χ3v) is 3.91. The highest BCUT2D eigenvalue weighted by Crippen LogP contribution is 2.38. The van der Waals surface area contributed by atoms with Crippen LogP contribution < -0.4 is 5.14 Å². The van der Waals surface area contributed by atoms with Gasteiger partial charge in [-0.1, -0.05) is 6.42 Å². The van der Waals surface area contributed by atoms with E-state index < -0.39 is 27.4 Å². The van der Waals surface area contributed by atoms with Crippen molar-refractivity contribution in [1.82, 2.24) is 0 Å². The molecule has 0 heterocycles. The average molecular weight is 231 g/mol. The molecule has 0 aliphatic heterocycles. The fraction of sp³-hybridized carbons (Fsp3) is 1.00. The Labute approximate surface area is 80.5 Å². The van der Waals surface area contributed by atoms with E-state index in [4.69, 9.17) is 5.14 Å². The Balaban J connectivity index is 2.71. The molecule has 0 aromatic heterocycles. The maximum Gasteiger partial charge on any atom is 0.391 e. The number of hydrogen-bond donors (Lipinski definition) is 1. The van der Waals surface area contributed by atoms with E-state index in [1.165, 1.54) is 0 Å². The van der Waals surface area contributed by atoms with Crippen LogP contribution >= 0.6 is 0 Å². The van der Waals surface area contributed by atoms with Gasteiger partial charge in [-0.3, -0.25) is 0 Å². The van der Waals surface area contributed by atoms with Gasteiger partial charge in [-0.2, -0.15) is 13.2 Å². The standard InChI is InChI=1S/C7H12F3NO2S/c8-7(9,10)5-2-1-3-6(4-5)14(11,12)13/h5-6H,1-4H2,(H2,11,12,13). The predicted octanol–water partition coefficient (Wildman–Crippen LogP) is 1.40. The molecule has 1 aliphatic rings. The Morgan fingerprint density at radius 1 is 1.21 bits per heavy atom. The van der Waals surface area contributed by atoms with Crippen LogP contribution in [0.25, 0.3) is 0 Å². The number of halogens is 3. The van der Waals surface area contributed by atoms with E-state index in [2.05, 4.69) is 0 Å². The molecule has 1 rings (SSSR count). The first-order chi connectivity index (χ1) is 6.21. The van der Waals surface area contributed by atoms with Crippen molar-refractivity contribution >= 4 is 10.0 Å². The summed E-state index contributed by atoms with van der Waals surface area (Å²) in [6.45, 7) is 0. The summed E-state index contributed by atoms with van der Waals surface area (Å²) in [6, 6.07) is 0. The van der Waals surface area contributed by atoms with E-state index in [0.717, 1.165) is 0 Å². The summed E-state index contributed by atoms with van der Waals surface area (Å²) in [5.74, 6) is -1.51. The Kier molecular flexibility index (Phi) is 3.10. The van der Waals surface area contributed by atoms with Gasteiger partial charge in [0.25, 0.3) is 0 Å². The van der Waals surface area contributed by atoms with Crippen molar-refractivity contribution in [3.8, 4) is 0 Å². The lowest BCUT2D eigenvalue weighted by molar-refractivity contribution is -0.181. The van der Waals surface area contributed by atoms with Gasteiger partial charge in [-0.15, -0.1) is 0 Å². The zero-order valence-corrected chi connectivity index (χ0v) is 8.24. The Morgan fingerprint density at radius 3 is 2.21 bits per heavy atom. The molecule has 84 valence electrons. The minimum absolute atomic E-state index is 0.00944. The molecule has 0 radical (unpaired) electrons. The van der Waals surface area contributed by atoms with Crippen LogP contribution in [0, 0.1) is 5.92 Å². The van der Waals surface area contributed by atoms with Gasteiger partial charge < -0.3 is 0 Å². The van der Waals surface area contributed by atoms with Gasteiger partial charge in [0.15, 0.2) is 0 Å². The summed E-state index contributed by atoms with van der Waals surface area (Å²) in [5, 5.41) is 3.80. The van der Waals surface area contributed by atoms with E-state index in [-0.39, 0.29) is 25.7 Å². The lowest BCUT2D eigenvalue weighted by Gasteiger charge is -2.28. The maximum atomic E-state index is 12.3. The van der Waals surface area contributed by atoms with Gasteiger partial charge in [0, 0.05) is 0 Å². The van der Waals surface area contributed by atoms with Gasteiger partial charge in [-0.25, -0.2) is 13.6 Å². The van der Waals surface area contributed by atoms with Crippen molar-refractivity contribution in [2.24, 2.45) is 11.1 Å². The van der Waals surface area contributed by atoms with Gasteiger partial charge in [0.1, 0.15) is 0 Å². The maximum absolute atomic E-state index is 12.3. The molecule has 2 atom stereocenters. The summed E-state index contributed by atoms with van der Waals surface area (Å²) in [6.07, 6.45) is -4.17. The normalized spacial score (nSPS) is 30.3. The number of sulfonamides is 1. The molecule has 0 aromatic rings. The Morgan fingerprint density at radius 2 is 1.79 bits per heavy atom. The van der Waals surface area contributed by atoms with E-state index in [1.54, 1.807) is 0 Å². The minimum Gasteiger partial charge on any atom is -0.228 e. The first-order valence-electron chi connectivity index (χ1n) is 4.29. The third-order valence-electron chi connectivity index (χ3n) is 2.55. The van der Waals surface area contributed by atoms with E-state index in [9.17, 15) is 21.6 Å². The highest BCUT2D eigenvalue weighted by molar-refractivity contribution is 7.89. The minimum atomic E-state index is -4.30. The lowest BCUT2D eigenvalue weighted by atomic mass is 9.88. The van der Waals surface area contributed by atoms with Crippen molar-refractivity contribution in [2.75, 3.05) is 0 Å². The first-order valence-corrected chi connectivity index (χ1v) is 5.90. The molecule has 0 saturated heterocycles. The summed E-state index contributed by atoms with van der Waals surface area (Å²) in [5.41, 5.74) is 0. The zero-order chi connectivity index (χ0) is 11.0. The average Bonchev–Trinajstić information content (AvgIpc) is 2.01. The van der Waals surface area contributed by atoms with Crippen molar-refractivity contribution in [1.29, 1.82) is 0 Å². The van der Waals surface area contributed by atoms with Gasteiger partial charge in [0.2, 0.25) is 10.0 Å². The molecule has 7 heteroatoms. The summed E-state index contributed by atoms with van der Waals surface area (Å²) in [7, 11) is -3.82. The Bertz CT molecular complexity index is 299. The number of nitrogens with two attached hydrogens (primary N) is 1. The highest BCUT2D eigenvalue weighted by Gasteiger charge is 2.44. The van der Waals surface area contributed by atoms with E-state index in [1.807, 2.05) is 0 Å². The second-order valence-corrected chi connectivity index (χ2v) is 5.46. The van der Waals surface area contributed by atoms with E-state index >= 15 is 0 Å². The fourth-order valence-electron chi connectivity index (χ4n) is 1.74. The number of primary sulfonamides is 1. The van der Waals surface area contributed by atoms with Crippen LogP contribution in [0.4, 0.5) is 13.2 Å². The topological polar surface area (TPSA) is 60.2 Å². The molecule has 1 saturated carbocycles. The number of alkyl halides is 3. The molecular weight excluding hydrogens is 219 g/mol. The van der Waals surface area contributed by atoms with Crippen LogP contribution in [-0.4, -0.2) is 19.8 Å². The number of rotatable bonds is 1. The highest BCUT2D eigenvalue weighted by atomic mass is 32.2. The van der Waals surface area contributed by atoms with Crippen molar-refractivity contribution in [3.05, 3.63) is 0 Å². The molecule has 0 spiro atoms. The molecule has 3 nitrogen and oxygen atoms in total.